The predicted molar refractivity (Wildman–Crippen MR) is 76.5 cm³/mol. The van der Waals surface area contributed by atoms with E-state index in [0.29, 0.717) is 29.7 Å². The summed E-state index contributed by atoms with van der Waals surface area (Å²) < 4.78 is 31.1. The van der Waals surface area contributed by atoms with E-state index in [1.165, 1.54) is 6.07 Å². The Labute approximate surface area is 121 Å². The van der Waals surface area contributed by atoms with E-state index < -0.39 is 11.6 Å². The van der Waals surface area contributed by atoms with Gasteiger partial charge in [-0.2, -0.15) is 0 Å². The van der Waals surface area contributed by atoms with Crippen LogP contribution in [0.4, 0.5) is 26.1 Å². The summed E-state index contributed by atoms with van der Waals surface area (Å²) in [4.78, 5) is 8.51. The lowest BCUT2D eigenvalue weighted by molar-refractivity contribution is 0.178. The van der Waals surface area contributed by atoms with E-state index in [9.17, 15) is 8.78 Å². The number of hydrogen-bond donors (Lipinski definition) is 2. The molecule has 0 saturated heterocycles. The van der Waals surface area contributed by atoms with Crippen molar-refractivity contribution in [2.75, 3.05) is 24.3 Å². The number of benzene rings is 1. The van der Waals surface area contributed by atoms with Crippen LogP contribution in [0.2, 0.25) is 0 Å². The molecule has 2 rings (SSSR count). The lowest BCUT2D eigenvalue weighted by Crippen LogP contribution is -2.07. The summed E-state index contributed by atoms with van der Waals surface area (Å²) >= 11 is 0. The number of hydrogen-bond acceptors (Lipinski definition) is 5. The smallest absolute Gasteiger partial charge is 0.160 e. The summed E-state index contributed by atoms with van der Waals surface area (Å²) in [7, 11) is 1.55. The lowest BCUT2D eigenvalue weighted by Gasteiger charge is -2.10. The molecule has 0 saturated carbocycles. The van der Waals surface area contributed by atoms with Gasteiger partial charge in [-0.15, -0.1) is 0 Å². The third-order valence-electron chi connectivity index (χ3n) is 2.60. The molecule has 0 spiro atoms. The van der Waals surface area contributed by atoms with Crippen LogP contribution >= 0.6 is 0 Å². The van der Waals surface area contributed by atoms with Gasteiger partial charge in [0.05, 0.1) is 0 Å². The Balaban J connectivity index is 2.26. The Kier molecular flexibility index (Phi) is 4.99. The van der Waals surface area contributed by atoms with Gasteiger partial charge in [0.1, 0.15) is 18.2 Å². The van der Waals surface area contributed by atoms with E-state index in [1.807, 2.05) is 6.92 Å². The minimum absolute atomic E-state index is 0.256. The van der Waals surface area contributed by atoms with E-state index in [-0.39, 0.29) is 6.61 Å². The fourth-order valence-electron chi connectivity index (χ4n) is 1.75. The highest BCUT2D eigenvalue weighted by atomic mass is 19.2. The van der Waals surface area contributed by atoms with E-state index in [0.717, 1.165) is 12.1 Å². The van der Waals surface area contributed by atoms with Crippen LogP contribution in [0.25, 0.3) is 0 Å². The predicted octanol–water partition coefficient (Wildman–Crippen LogP) is 3.08. The van der Waals surface area contributed by atoms with Crippen LogP contribution < -0.4 is 10.6 Å². The molecule has 2 aromatic rings. The van der Waals surface area contributed by atoms with Crippen molar-refractivity contribution >= 4 is 17.3 Å². The zero-order valence-electron chi connectivity index (χ0n) is 11.8. The number of nitrogens with zero attached hydrogens (tertiary/aromatic N) is 2. The van der Waals surface area contributed by atoms with Crippen LogP contribution in [0.1, 0.15) is 12.7 Å². The molecule has 21 heavy (non-hydrogen) atoms. The maximum absolute atomic E-state index is 13.2. The summed E-state index contributed by atoms with van der Waals surface area (Å²) in [5, 5.41) is 5.99. The highest BCUT2D eigenvalue weighted by Crippen LogP contribution is 2.19. The number of methoxy groups -OCH3 is 1. The van der Waals surface area contributed by atoms with Crippen molar-refractivity contribution in [3.63, 3.8) is 0 Å². The maximum atomic E-state index is 13.2. The molecule has 0 amide bonds. The molecule has 0 atom stereocenters. The largest absolute Gasteiger partial charge is 0.377 e. The van der Waals surface area contributed by atoms with Crippen molar-refractivity contribution in [1.82, 2.24) is 9.97 Å². The van der Waals surface area contributed by atoms with Gasteiger partial charge in [-0.25, -0.2) is 18.7 Å². The lowest BCUT2D eigenvalue weighted by atomic mass is 10.3. The first kappa shape index (κ1) is 15.1. The minimum Gasteiger partial charge on any atom is -0.377 e. The zero-order chi connectivity index (χ0) is 15.2. The molecule has 0 aliphatic heterocycles. The van der Waals surface area contributed by atoms with Crippen LogP contribution in [0.3, 0.4) is 0 Å². The molecule has 5 nitrogen and oxygen atoms in total. The summed E-state index contributed by atoms with van der Waals surface area (Å²) in [5.74, 6) is -0.223. The number of rotatable bonds is 6. The van der Waals surface area contributed by atoms with Crippen molar-refractivity contribution in [1.29, 1.82) is 0 Å². The second kappa shape index (κ2) is 6.94. The number of nitrogens with one attached hydrogen (secondary N) is 2. The van der Waals surface area contributed by atoms with Crippen molar-refractivity contribution in [2.24, 2.45) is 0 Å². The molecular weight excluding hydrogens is 278 g/mol. The number of halogens is 2. The van der Waals surface area contributed by atoms with Crippen LogP contribution in [-0.2, 0) is 11.3 Å². The van der Waals surface area contributed by atoms with Gasteiger partial charge in [-0.3, -0.25) is 0 Å². The molecule has 0 bridgehead atoms. The van der Waals surface area contributed by atoms with Crippen molar-refractivity contribution in [3.8, 4) is 0 Å². The van der Waals surface area contributed by atoms with Crippen LogP contribution in [0.5, 0.6) is 0 Å². The Morgan fingerprint density at radius 3 is 2.52 bits per heavy atom. The van der Waals surface area contributed by atoms with Crippen molar-refractivity contribution in [3.05, 3.63) is 41.7 Å². The summed E-state index contributed by atoms with van der Waals surface area (Å²) in [6.45, 7) is 2.90. The molecule has 0 aliphatic carbocycles. The standard InChI is InChI=1S/C14H16F2N4O/c1-3-17-12-7-13(20-14(19-12)8-21-2)18-9-4-5-10(15)11(16)6-9/h4-7H,3,8H2,1-2H3,(H2,17,18,19,20). The van der Waals surface area contributed by atoms with E-state index in [2.05, 4.69) is 20.6 Å². The van der Waals surface area contributed by atoms with Crippen LogP contribution in [0, 0.1) is 11.6 Å². The van der Waals surface area contributed by atoms with Gasteiger partial charge in [0, 0.05) is 31.5 Å². The third kappa shape index (κ3) is 4.09. The van der Waals surface area contributed by atoms with E-state index >= 15 is 0 Å². The monoisotopic (exact) mass is 294 g/mol. The number of aromatic nitrogens is 2. The molecule has 112 valence electrons. The number of ether oxygens (including phenoxy) is 1. The normalized spacial score (nSPS) is 10.5. The van der Waals surface area contributed by atoms with Gasteiger partial charge in [-0.05, 0) is 19.1 Å². The highest BCUT2D eigenvalue weighted by Gasteiger charge is 2.07. The second-order valence-electron chi connectivity index (χ2n) is 4.27. The fraction of sp³-hybridized carbons (Fsp3) is 0.286. The summed E-state index contributed by atoms with van der Waals surface area (Å²) in [5.41, 5.74) is 0.401. The Hall–Kier alpha value is -2.28. The van der Waals surface area contributed by atoms with Gasteiger partial charge >= 0.3 is 0 Å². The first-order valence-electron chi connectivity index (χ1n) is 6.45. The van der Waals surface area contributed by atoms with Gasteiger partial charge in [0.25, 0.3) is 0 Å². The molecule has 2 N–H and O–H groups in total. The van der Waals surface area contributed by atoms with Crippen molar-refractivity contribution in [2.45, 2.75) is 13.5 Å². The maximum Gasteiger partial charge on any atom is 0.160 e. The molecule has 0 fully saturated rings. The Morgan fingerprint density at radius 1 is 1.10 bits per heavy atom. The van der Waals surface area contributed by atoms with Crippen LogP contribution in [-0.4, -0.2) is 23.6 Å². The molecular formula is C14H16F2N4O. The molecule has 7 heteroatoms. The van der Waals surface area contributed by atoms with Crippen molar-refractivity contribution < 1.29 is 13.5 Å². The van der Waals surface area contributed by atoms with Gasteiger partial charge in [0.2, 0.25) is 0 Å². The Bertz CT molecular complexity index is 598. The minimum atomic E-state index is -0.918. The molecule has 0 radical (unpaired) electrons. The zero-order valence-corrected chi connectivity index (χ0v) is 11.8. The number of anilines is 3. The molecule has 1 heterocycles. The average molecular weight is 294 g/mol. The topological polar surface area (TPSA) is 59.1 Å². The fourth-order valence-corrected chi connectivity index (χ4v) is 1.75. The average Bonchev–Trinajstić information content (AvgIpc) is 2.43. The first-order valence-corrected chi connectivity index (χ1v) is 6.45. The quantitative estimate of drug-likeness (QED) is 0.857. The van der Waals surface area contributed by atoms with Gasteiger partial charge in [0.15, 0.2) is 17.5 Å². The third-order valence-corrected chi connectivity index (χ3v) is 2.60. The molecule has 1 aromatic carbocycles. The SMILES string of the molecule is CCNc1cc(Nc2ccc(F)c(F)c2)nc(COC)n1. The summed E-state index contributed by atoms with van der Waals surface area (Å²) in [6.07, 6.45) is 0. The van der Waals surface area contributed by atoms with Gasteiger partial charge < -0.3 is 15.4 Å². The molecule has 1 aromatic heterocycles. The highest BCUT2D eigenvalue weighted by molar-refractivity contribution is 5.59. The van der Waals surface area contributed by atoms with E-state index in [1.54, 1.807) is 13.2 Å². The second-order valence-corrected chi connectivity index (χ2v) is 4.27. The Morgan fingerprint density at radius 2 is 1.86 bits per heavy atom. The van der Waals surface area contributed by atoms with Gasteiger partial charge in [-0.1, -0.05) is 0 Å². The van der Waals surface area contributed by atoms with E-state index in [4.69, 9.17) is 4.74 Å². The first-order chi connectivity index (χ1) is 10.1. The molecule has 0 unspecified atom stereocenters. The summed E-state index contributed by atoms with van der Waals surface area (Å²) in [6, 6.07) is 5.24. The molecule has 0 aliphatic rings. The van der Waals surface area contributed by atoms with Crippen LogP contribution in [0.15, 0.2) is 24.3 Å².